The lowest BCUT2D eigenvalue weighted by molar-refractivity contribution is -0.111. The molecule has 0 aromatic heterocycles. The molecule has 1 amide bonds. The molecule has 2 aromatic carbocycles. The van der Waals surface area contributed by atoms with E-state index < -0.39 is 21.6 Å². The predicted octanol–water partition coefficient (Wildman–Crippen LogP) is 2.89. The standard InChI is InChI=1S/C17H16FNO4S/c1-23-13-5-3-4-12(10-13)6-9-17(20)19-16-11-14(24(2,21)22)7-8-15(16)18/h3-11H,1-2H3,(H,19,20)/b9-6+. The van der Waals surface area contributed by atoms with Gasteiger partial charge in [0.1, 0.15) is 11.6 Å². The van der Waals surface area contributed by atoms with Crippen LogP contribution in [0.4, 0.5) is 10.1 Å². The van der Waals surface area contributed by atoms with Crippen LogP contribution in [0.15, 0.2) is 53.4 Å². The number of hydrogen-bond donors (Lipinski definition) is 1. The molecule has 0 aliphatic carbocycles. The first kappa shape index (κ1) is 17.7. The van der Waals surface area contributed by atoms with Crippen LogP contribution >= 0.6 is 0 Å². The third-order valence-corrected chi connectivity index (χ3v) is 4.26. The Balaban J connectivity index is 2.16. The van der Waals surface area contributed by atoms with Gasteiger partial charge in [0, 0.05) is 12.3 Å². The van der Waals surface area contributed by atoms with Gasteiger partial charge in [-0.3, -0.25) is 4.79 Å². The Morgan fingerprint density at radius 2 is 1.96 bits per heavy atom. The summed E-state index contributed by atoms with van der Waals surface area (Å²) in [4.78, 5) is 11.8. The molecule has 0 spiro atoms. The number of sulfone groups is 1. The molecule has 1 N–H and O–H groups in total. The lowest BCUT2D eigenvalue weighted by atomic mass is 10.2. The molecule has 0 bridgehead atoms. The van der Waals surface area contributed by atoms with Crippen LogP contribution in [0.25, 0.3) is 6.08 Å². The van der Waals surface area contributed by atoms with E-state index in [0.29, 0.717) is 5.75 Å². The number of halogens is 1. The fourth-order valence-corrected chi connectivity index (χ4v) is 2.57. The SMILES string of the molecule is COc1cccc(/C=C/C(=O)Nc2cc(S(C)(=O)=O)ccc2F)c1. The number of anilines is 1. The van der Waals surface area contributed by atoms with E-state index >= 15 is 0 Å². The van der Waals surface area contributed by atoms with Crippen molar-refractivity contribution in [3.8, 4) is 5.75 Å². The molecule has 0 radical (unpaired) electrons. The van der Waals surface area contributed by atoms with E-state index in [1.165, 1.54) is 19.3 Å². The Morgan fingerprint density at radius 1 is 1.21 bits per heavy atom. The predicted molar refractivity (Wildman–Crippen MR) is 90.2 cm³/mol. The number of benzene rings is 2. The third-order valence-electron chi connectivity index (χ3n) is 3.14. The van der Waals surface area contributed by atoms with Gasteiger partial charge >= 0.3 is 0 Å². The van der Waals surface area contributed by atoms with Crippen LogP contribution in [0.2, 0.25) is 0 Å². The maximum Gasteiger partial charge on any atom is 0.248 e. The van der Waals surface area contributed by atoms with Gasteiger partial charge in [-0.05, 0) is 42.0 Å². The van der Waals surface area contributed by atoms with Crippen LogP contribution < -0.4 is 10.1 Å². The highest BCUT2D eigenvalue weighted by atomic mass is 32.2. The molecule has 0 fully saturated rings. The number of hydrogen-bond acceptors (Lipinski definition) is 4. The first-order chi connectivity index (χ1) is 11.3. The average Bonchev–Trinajstić information content (AvgIpc) is 2.54. The van der Waals surface area contributed by atoms with E-state index in [4.69, 9.17) is 4.74 Å². The Labute approximate surface area is 139 Å². The first-order valence-corrected chi connectivity index (χ1v) is 8.81. The number of ether oxygens (including phenoxy) is 1. The monoisotopic (exact) mass is 349 g/mol. The van der Waals surface area contributed by atoms with Crippen molar-refractivity contribution in [1.82, 2.24) is 0 Å². The maximum atomic E-state index is 13.7. The molecule has 0 aliphatic heterocycles. The fraction of sp³-hybridized carbons (Fsp3) is 0.118. The van der Waals surface area contributed by atoms with Crippen molar-refractivity contribution in [2.24, 2.45) is 0 Å². The summed E-state index contributed by atoms with van der Waals surface area (Å²) in [5, 5.41) is 2.33. The lowest BCUT2D eigenvalue weighted by Crippen LogP contribution is -2.10. The quantitative estimate of drug-likeness (QED) is 0.665. The van der Waals surface area contributed by atoms with Gasteiger partial charge in [-0.25, -0.2) is 12.8 Å². The van der Waals surface area contributed by atoms with Gasteiger partial charge in [-0.2, -0.15) is 0 Å². The summed E-state index contributed by atoms with van der Waals surface area (Å²) in [6.45, 7) is 0. The number of carbonyl (C=O) groups excluding carboxylic acids is 1. The number of carbonyl (C=O) groups is 1. The van der Waals surface area contributed by atoms with Crippen molar-refractivity contribution < 1.29 is 22.3 Å². The highest BCUT2D eigenvalue weighted by molar-refractivity contribution is 7.90. The summed E-state index contributed by atoms with van der Waals surface area (Å²) in [6.07, 6.45) is 3.77. The van der Waals surface area contributed by atoms with Crippen LogP contribution in [-0.4, -0.2) is 27.7 Å². The van der Waals surface area contributed by atoms with Crippen LogP contribution in [0.1, 0.15) is 5.56 Å². The van der Waals surface area contributed by atoms with Gasteiger partial charge in [0.25, 0.3) is 0 Å². The second-order valence-corrected chi connectivity index (χ2v) is 7.03. The lowest BCUT2D eigenvalue weighted by Gasteiger charge is -2.06. The van der Waals surface area contributed by atoms with E-state index in [2.05, 4.69) is 5.32 Å². The van der Waals surface area contributed by atoms with Gasteiger partial charge in [-0.1, -0.05) is 12.1 Å². The van der Waals surface area contributed by atoms with Crippen molar-refractivity contribution in [3.63, 3.8) is 0 Å². The zero-order valence-electron chi connectivity index (χ0n) is 13.1. The van der Waals surface area contributed by atoms with Gasteiger partial charge in [-0.15, -0.1) is 0 Å². The van der Waals surface area contributed by atoms with Crippen molar-refractivity contribution in [2.75, 3.05) is 18.7 Å². The minimum absolute atomic E-state index is 0.0732. The molecule has 2 rings (SSSR count). The minimum Gasteiger partial charge on any atom is -0.497 e. The van der Waals surface area contributed by atoms with E-state index in [1.807, 2.05) is 0 Å². The van der Waals surface area contributed by atoms with Crippen molar-refractivity contribution >= 4 is 27.5 Å². The fourth-order valence-electron chi connectivity index (χ4n) is 1.92. The smallest absolute Gasteiger partial charge is 0.248 e. The largest absolute Gasteiger partial charge is 0.497 e. The molecule has 7 heteroatoms. The molecule has 126 valence electrons. The summed E-state index contributed by atoms with van der Waals surface area (Å²) in [7, 11) is -1.96. The molecule has 0 saturated heterocycles. The zero-order valence-corrected chi connectivity index (χ0v) is 13.9. The number of rotatable bonds is 5. The Bertz CT molecular complexity index is 891. The summed E-state index contributed by atoms with van der Waals surface area (Å²) in [6, 6.07) is 10.3. The average molecular weight is 349 g/mol. The number of methoxy groups -OCH3 is 1. The molecule has 24 heavy (non-hydrogen) atoms. The molecule has 0 saturated carbocycles. The van der Waals surface area contributed by atoms with Gasteiger partial charge in [0.2, 0.25) is 5.91 Å². The molecule has 0 aliphatic rings. The van der Waals surface area contributed by atoms with E-state index in [1.54, 1.807) is 24.3 Å². The van der Waals surface area contributed by atoms with E-state index in [0.717, 1.165) is 30.0 Å². The van der Waals surface area contributed by atoms with Crippen LogP contribution in [0.3, 0.4) is 0 Å². The van der Waals surface area contributed by atoms with E-state index in [-0.39, 0.29) is 10.6 Å². The second-order valence-electron chi connectivity index (χ2n) is 5.01. The topological polar surface area (TPSA) is 72.5 Å². The Hall–Kier alpha value is -2.67. The van der Waals surface area contributed by atoms with Crippen LogP contribution in [0.5, 0.6) is 5.75 Å². The summed E-state index contributed by atoms with van der Waals surface area (Å²) in [5.41, 5.74) is 0.535. The number of nitrogens with one attached hydrogen (secondary N) is 1. The van der Waals surface area contributed by atoms with Gasteiger partial charge in [0.15, 0.2) is 9.84 Å². The Morgan fingerprint density at radius 3 is 2.62 bits per heavy atom. The molecular weight excluding hydrogens is 333 g/mol. The summed E-state index contributed by atoms with van der Waals surface area (Å²) >= 11 is 0. The highest BCUT2D eigenvalue weighted by Gasteiger charge is 2.12. The highest BCUT2D eigenvalue weighted by Crippen LogP contribution is 2.20. The second kappa shape index (κ2) is 7.27. The molecule has 0 unspecified atom stereocenters. The van der Waals surface area contributed by atoms with Crippen molar-refractivity contribution in [3.05, 3.63) is 59.9 Å². The third kappa shape index (κ3) is 4.66. The zero-order chi connectivity index (χ0) is 17.7. The van der Waals surface area contributed by atoms with Crippen LogP contribution in [0, 0.1) is 5.82 Å². The maximum absolute atomic E-state index is 13.7. The number of amides is 1. The molecule has 0 atom stereocenters. The molecule has 2 aromatic rings. The van der Waals surface area contributed by atoms with Crippen LogP contribution in [-0.2, 0) is 14.6 Å². The van der Waals surface area contributed by atoms with E-state index in [9.17, 15) is 17.6 Å². The normalized spacial score (nSPS) is 11.5. The minimum atomic E-state index is -3.49. The Kier molecular flexibility index (Phi) is 5.35. The van der Waals surface area contributed by atoms with Gasteiger partial charge < -0.3 is 10.1 Å². The summed E-state index contributed by atoms with van der Waals surface area (Å²) < 4.78 is 41.8. The molecular formula is C17H16FNO4S. The summed E-state index contributed by atoms with van der Waals surface area (Å²) in [5.74, 6) is -0.655. The first-order valence-electron chi connectivity index (χ1n) is 6.92. The van der Waals surface area contributed by atoms with Crippen molar-refractivity contribution in [1.29, 1.82) is 0 Å². The van der Waals surface area contributed by atoms with Crippen molar-refractivity contribution in [2.45, 2.75) is 4.90 Å². The molecule has 0 heterocycles. The van der Waals surface area contributed by atoms with Gasteiger partial charge in [0.05, 0.1) is 17.7 Å². The molecule has 5 nitrogen and oxygen atoms in total.